The molecule has 0 spiro atoms. The molecule has 4 nitrogen and oxygen atoms in total. The van der Waals surface area contributed by atoms with Gasteiger partial charge in [0, 0.05) is 26.5 Å². The van der Waals surface area contributed by atoms with Crippen LogP contribution in [0.2, 0.25) is 10.0 Å². The van der Waals surface area contributed by atoms with Gasteiger partial charge in [0.05, 0.1) is 17.2 Å². The summed E-state index contributed by atoms with van der Waals surface area (Å²) in [6.45, 7) is 1.58. The van der Waals surface area contributed by atoms with Crippen molar-refractivity contribution in [3.8, 4) is 0 Å². The first-order valence-electron chi connectivity index (χ1n) is 10.2. The summed E-state index contributed by atoms with van der Waals surface area (Å²) < 4.78 is 28.7. The van der Waals surface area contributed by atoms with Gasteiger partial charge in [0.1, 0.15) is 0 Å². The zero-order chi connectivity index (χ0) is 23.1. The number of benzene rings is 3. The van der Waals surface area contributed by atoms with E-state index in [-0.39, 0.29) is 17.5 Å². The second-order valence-electron chi connectivity index (χ2n) is 7.34. The fraction of sp³-hybridized carbons (Fsp3) is 0.250. The minimum absolute atomic E-state index is 0.135. The predicted octanol–water partition coefficient (Wildman–Crippen LogP) is 6.64. The molecule has 0 aromatic heterocycles. The Labute approximate surface area is 204 Å². The van der Waals surface area contributed by atoms with E-state index in [0.717, 1.165) is 12.2 Å². The van der Waals surface area contributed by atoms with Crippen molar-refractivity contribution in [1.29, 1.82) is 0 Å². The van der Waals surface area contributed by atoms with Crippen LogP contribution < -0.4 is 4.31 Å². The molecule has 0 aliphatic carbocycles. The summed E-state index contributed by atoms with van der Waals surface area (Å²) in [4.78, 5) is 1.32. The summed E-state index contributed by atoms with van der Waals surface area (Å²) in [6, 6.07) is 20.7. The summed E-state index contributed by atoms with van der Waals surface area (Å²) in [5.74, 6) is 0.867. The standard InChI is InChI=1S/C24H25Cl2NO3S2/c1-18(6-5-15-31-22-7-3-2-4-8-22)27(24-16-21(26)10-9-19(24)17-28)32(29,30)23-13-11-20(25)12-14-23/h2-4,7-14,16,18,28H,5-6,15,17H2,1H3. The summed E-state index contributed by atoms with van der Waals surface area (Å²) in [7, 11) is -3.91. The number of halogens is 2. The van der Waals surface area contributed by atoms with Crippen LogP contribution in [0.3, 0.4) is 0 Å². The lowest BCUT2D eigenvalue weighted by molar-refractivity contribution is 0.282. The Bertz CT molecular complexity index is 1120. The highest BCUT2D eigenvalue weighted by Crippen LogP contribution is 2.33. The van der Waals surface area contributed by atoms with Gasteiger partial charge in [-0.15, -0.1) is 11.8 Å². The van der Waals surface area contributed by atoms with Crippen molar-refractivity contribution in [3.63, 3.8) is 0 Å². The molecule has 0 bridgehead atoms. The Morgan fingerprint density at radius 3 is 2.28 bits per heavy atom. The van der Waals surface area contributed by atoms with Gasteiger partial charge >= 0.3 is 0 Å². The van der Waals surface area contributed by atoms with E-state index in [1.165, 1.54) is 21.3 Å². The monoisotopic (exact) mass is 509 g/mol. The molecule has 3 aromatic carbocycles. The number of rotatable bonds is 10. The van der Waals surface area contributed by atoms with Crippen LogP contribution in [0, 0.1) is 0 Å². The van der Waals surface area contributed by atoms with E-state index in [0.29, 0.717) is 27.7 Å². The lowest BCUT2D eigenvalue weighted by Crippen LogP contribution is -2.39. The third-order valence-electron chi connectivity index (χ3n) is 5.00. The normalized spacial score (nSPS) is 12.5. The highest BCUT2D eigenvalue weighted by molar-refractivity contribution is 7.99. The molecule has 0 radical (unpaired) electrons. The fourth-order valence-corrected chi connectivity index (χ4v) is 6.31. The average Bonchev–Trinajstić information content (AvgIpc) is 2.78. The SMILES string of the molecule is CC(CCCSc1ccccc1)N(c1cc(Cl)ccc1CO)S(=O)(=O)c1ccc(Cl)cc1. The molecular formula is C24H25Cl2NO3S2. The number of sulfonamides is 1. The Morgan fingerprint density at radius 2 is 1.62 bits per heavy atom. The molecule has 1 unspecified atom stereocenters. The fourth-order valence-electron chi connectivity index (χ4n) is 3.40. The van der Waals surface area contributed by atoms with Gasteiger partial charge in [-0.25, -0.2) is 8.42 Å². The molecule has 0 aliphatic rings. The molecule has 0 fully saturated rings. The highest BCUT2D eigenvalue weighted by atomic mass is 35.5. The van der Waals surface area contributed by atoms with Crippen molar-refractivity contribution >= 4 is 50.7 Å². The summed E-state index contributed by atoms with van der Waals surface area (Å²) in [5.41, 5.74) is 0.885. The number of anilines is 1. The number of aliphatic hydroxyl groups is 1. The maximum absolute atomic E-state index is 13.7. The molecule has 32 heavy (non-hydrogen) atoms. The van der Waals surface area contributed by atoms with Crippen molar-refractivity contribution in [1.82, 2.24) is 0 Å². The summed E-state index contributed by atoms with van der Waals surface area (Å²) in [5, 5.41) is 10.7. The third-order valence-corrected chi connectivity index (χ3v) is 8.53. The van der Waals surface area contributed by atoms with Crippen LogP contribution in [0.15, 0.2) is 82.6 Å². The zero-order valence-electron chi connectivity index (χ0n) is 17.6. The maximum atomic E-state index is 13.7. The number of nitrogens with zero attached hydrogens (tertiary/aromatic N) is 1. The van der Waals surface area contributed by atoms with Crippen LogP contribution in [-0.2, 0) is 16.6 Å². The second-order valence-corrected chi connectivity index (χ2v) is 11.2. The van der Waals surface area contributed by atoms with E-state index in [4.69, 9.17) is 23.2 Å². The molecule has 0 amide bonds. The van der Waals surface area contributed by atoms with Gasteiger partial charge in [0.25, 0.3) is 10.0 Å². The minimum Gasteiger partial charge on any atom is -0.392 e. The Balaban J connectivity index is 1.88. The van der Waals surface area contributed by atoms with E-state index >= 15 is 0 Å². The second kappa shape index (κ2) is 11.4. The molecule has 0 heterocycles. The van der Waals surface area contributed by atoms with E-state index < -0.39 is 10.0 Å². The number of thioether (sulfide) groups is 1. The van der Waals surface area contributed by atoms with E-state index in [2.05, 4.69) is 12.1 Å². The van der Waals surface area contributed by atoms with Crippen LogP contribution in [-0.4, -0.2) is 25.3 Å². The molecule has 3 rings (SSSR count). The lowest BCUT2D eigenvalue weighted by Gasteiger charge is -2.32. The zero-order valence-corrected chi connectivity index (χ0v) is 20.8. The first kappa shape index (κ1) is 24.9. The van der Waals surface area contributed by atoms with Gasteiger partial charge in [0.2, 0.25) is 0 Å². The highest BCUT2D eigenvalue weighted by Gasteiger charge is 2.31. The van der Waals surface area contributed by atoms with Crippen LogP contribution in [0.25, 0.3) is 0 Å². The van der Waals surface area contributed by atoms with Gasteiger partial charge < -0.3 is 5.11 Å². The van der Waals surface area contributed by atoms with Crippen molar-refractivity contribution in [3.05, 3.63) is 88.4 Å². The van der Waals surface area contributed by atoms with Crippen LogP contribution in [0.5, 0.6) is 0 Å². The van der Waals surface area contributed by atoms with Gasteiger partial charge in [-0.1, -0.05) is 47.5 Å². The molecule has 1 atom stereocenters. The molecule has 8 heteroatoms. The van der Waals surface area contributed by atoms with Crippen molar-refractivity contribution in [2.45, 2.75) is 42.2 Å². The summed E-state index contributed by atoms with van der Waals surface area (Å²) >= 11 is 13.9. The topological polar surface area (TPSA) is 57.6 Å². The third kappa shape index (κ3) is 6.21. The number of aliphatic hydroxyl groups excluding tert-OH is 1. The first-order chi connectivity index (χ1) is 15.3. The quantitative estimate of drug-likeness (QED) is 0.245. The average molecular weight is 511 g/mol. The van der Waals surface area contributed by atoms with Crippen LogP contribution in [0.1, 0.15) is 25.3 Å². The number of hydrogen-bond acceptors (Lipinski definition) is 4. The minimum atomic E-state index is -3.91. The van der Waals surface area contributed by atoms with E-state index in [1.807, 2.05) is 25.1 Å². The largest absolute Gasteiger partial charge is 0.392 e. The van der Waals surface area contributed by atoms with Crippen molar-refractivity contribution < 1.29 is 13.5 Å². The van der Waals surface area contributed by atoms with E-state index in [9.17, 15) is 13.5 Å². The lowest BCUT2D eigenvalue weighted by atomic mass is 10.1. The first-order valence-corrected chi connectivity index (χ1v) is 13.4. The van der Waals surface area contributed by atoms with Crippen molar-refractivity contribution in [2.75, 3.05) is 10.1 Å². The predicted molar refractivity (Wildman–Crippen MR) is 134 cm³/mol. The Morgan fingerprint density at radius 1 is 0.969 bits per heavy atom. The van der Waals surface area contributed by atoms with Gasteiger partial charge in [-0.05, 0) is 74.0 Å². The molecule has 1 N–H and O–H groups in total. The Hall–Kier alpha value is -1.70. The smallest absolute Gasteiger partial charge is 0.264 e. The van der Waals surface area contributed by atoms with Gasteiger partial charge in [0.15, 0.2) is 0 Å². The Kier molecular flexibility index (Phi) is 8.91. The molecular weight excluding hydrogens is 485 g/mol. The number of hydrogen-bond donors (Lipinski definition) is 1. The molecule has 0 saturated carbocycles. The molecule has 0 aliphatic heterocycles. The van der Waals surface area contributed by atoms with Gasteiger partial charge in [-0.3, -0.25) is 4.31 Å². The molecule has 170 valence electrons. The van der Waals surface area contributed by atoms with Crippen LogP contribution >= 0.6 is 35.0 Å². The van der Waals surface area contributed by atoms with Gasteiger partial charge in [-0.2, -0.15) is 0 Å². The van der Waals surface area contributed by atoms with Crippen LogP contribution in [0.4, 0.5) is 5.69 Å². The maximum Gasteiger partial charge on any atom is 0.264 e. The molecule has 3 aromatic rings. The van der Waals surface area contributed by atoms with E-state index in [1.54, 1.807) is 42.1 Å². The molecule has 0 saturated heterocycles. The summed E-state index contributed by atoms with van der Waals surface area (Å²) in [6.07, 6.45) is 1.46. The van der Waals surface area contributed by atoms with Crippen molar-refractivity contribution in [2.24, 2.45) is 0 Å².